The van der Waals surface area contributed by atoms with Gasteiger partial charge in [-0.3, -0.25) is 4.79 Å². The van der Waals surface area contributed by atoms with Gasteiger partial charge in [-0.2, -0.15) is 0 Å². The summed E-state index contributed by atoms with van der Waals surface area (Å²) in [6, 6.07) is 0. The summed E-state index contributed by atoms with van der Waals surface area (Å²) in [6.45, 7) is 9.33. The van der Waals surface area contributed by atoms with Crippen molar-refractivity contribution in [2.75, 3.05) is 6.61 Å². The van der Waals surface area contributed by atoms with Crippen LogP contribution in [0.4, 0.5) is 0 Å². The Morgan fingerprint density at radius 3 is 2.24 bits per heavy atom. The summed E-state index contributed by atoms with van der Waals surface area (Å²) in [6.07, 6.45) is -1.33. The number of rotatable bonds is 6. The van der Waals surface area contributed by atoms with Crippen molar-refractivity contribution >= 4 is 5.97 Å². The molecule has 0 heterocycles. The third-order valence-electron chi connectivity index (χ3n) is 3.39. The lowest BCUT2D eigenvalue weighted by Gasteiger charge is -2.35. The third kappa shape index (κ3) is 3.91. The summed E-state index contributed by atoms with van der Waals surface area (Å²) in [5, 5.41) is 12.2. The predicted molar refractivity (Wildman–Crippen MR) is 63.9 cm³/mol. The Labute approximate surface area is 102 Å². The van der Waals surface area contributed by atoms with E-state index in [0.29, 0.717) is 0 Å². The molecule has 17 heavy (non-hydrogen) atoms. The summed E-state index contributed by atoms with van der Waals surface area (Å²) >= 11 is 0. The molecular formula is C11H21N3O3. The molecule has 1 N–H and O–H groups in total. The smallest absolute Gasteiger partial charge is 0.312 e. The molecule has 6 nitrogen and oxygen atoms in total. The van der Waals surface area contributed by atoms with Gasteiger partial charge < -0.3 is 9.84 Å². The first-order valence-corrected chi connectivity index (χ1v) is 5.66. The Balaban J connectivity index is 4.61. The van der Waals surface area contributed by atoms with E-state index in [0.717, 1.165) is 0 Å². The van der Waals surface area contributed by atoms with E-state index in [9.17, 15) is 4.79 Å². The fraction of sp³-hybridized carbons (Fsp3) is 0.909. The van der Waals surface area contributed by atoms with E-state index in [4.69, 9.17) is 15.4 Å². The molecule has 98 valence electrons. The number of aliphatic hydroxyl groups is 1. The van der Waals surface area contributed by atoms with Gasteiger partial charge in [0.1, 0.15) is 6.61 Å². The molecule has 0 rings (SSSR count). The standard InChI is InChI=1S/C11H21N3O3/c1-7(2)11(5,8(3)4)10(16)17-6-9(15)13-14-12/h7-9,15H,6H2,1-5H3. The van der Waals surface area contributed by atoms with E-state index in [2.05, 4.69) is 10.0 Å². The van der Waals surface area contributed by atoms with Gasteiger partial charge in [0.15, 0.2) is 6.23 Å². The molecule has 0 fully saturated rings. The summed E-state index contributed by atoms with van der Waals surface area (Å²) in [7, 11) is 0. The number of hydrogen-bond donors (Lipinski definition) is 1. The highest BCUT2D eigenvalue weighted by Gasteiger charge is 2.41. The van der Waals surface area contributed by atoms with E-state index in [-0.39, 0.29) is 24.4 Å². The Morgan fingerprint density at radius 1 is 1.41 bits per heavy atom. The SMILES string of the molecule is CC(C)C(C)(C(=O)OCC(O)N=[N+]=[N-])C(C)C. The average molecular weight is 243 g/mol. The van der Waals surface area contributed by atoms with Gasteiger partial charge >= 0.3 is 5.97 Å². The molecule has 6 heteroatoms. The highest BCUT2D eigenvalue weighted by molar-refractivity contribution is 5.77. The van der Waals surface area contributed by atoms with Gasteiger partial charge in [0.2, 0.25) is 0 Å². The lowest BCUT2D eigenvalue weighted by atomic mass is 9.70. The second kappa shape index (κ2) is 6.47. The Morgan fingerprint density at radius 2 is 1.88 bits per heavy atom. The van der Waals surface area contributed by atoms with Crippen molar-refractivity contribution in [2.45, 2.75) is 40.8 Å². The maximum atomic E-state index is 12.0. The molecule has 1 atom stereocenters. The van der Waals surface area contributed by atoms with Crippen LogP contribution in [-0.4, -0.2) is 23.9 Å². The Hall–Kier alpha value is -1.26. The number of azide groups is 1. The van der Waals surface area contributed by atoms with Gasteiger partial charge in [-0.15, -0.1) is 0 Å². The number of aliphatic hydroxyl groups excluding tert-OH is 1. The quantitative estimate of drug-likeness (QED) is 0.336. The molecular weight excluding hydrogens is 222 g/mol. The lowest BCUT2D eigenvalue weighted by molar-refractivity contribution is -0.164. The van der Waals surface area contributed by atoms with Crippen LogP contribution in [0.25, 0.3) is 10.4 Å². The molecule has 0 aliphatic heterocycles. The summed E-state index contributed by atoms with van der Waals surface area (Å²) in [5.41, 5.74) is 7.48. The van der Waals surface area contributed by atoms with Crippen LogP contribution in [0.3, 0.4) is 0 Å². The minimum absolute atomic E-state index is 0.117. The van der Waals surface area contributed by atoms with Crippen LogP contribution in [0, 0.1) is 17.3 Å². The molecule has 0 radical (unpaired) electrons. The minimum atomic E-state index is -1.33. The lowest BCUT2D eigenvalue weighted by Crippen LogP contribution is -2.40. The molecule has 0 saturated carbocycles. The molecule has 0 saturated heterocycles. The zero-order valence-corrected chi connectivity index (χ0v) is 11.0. The van der Waals surface area contributed by atoms with E-state index in [1.807, 2.05) is 34.6 Å². The molecule has 0 aliphatic carbocycles. The fourth-order valence-electron chi connectivity index (χ4n) is 1.54. The minimum Gasteiger partial charge on any atom is -0.462 e. The fourth-order valence-corrected chi connectivity index (χ4v) is 1.54. The van der Waals surface area contributed by atoms with Gasteiger partial charge in [-0.1, -0.05) is 32.8 Å². The molecule has 0 amide bonds. The van der Waals surface area contributed by atoms with E-state index in [1.165, 1.54) is 0 Å². The van der Waals surface area contributed by atoms with E-state index < -0.39 is 11.6 Å². The van der Waals surface area contributed by atoms with Gasteiger partial charge in [0, 0.05) is 4.91 Å². The molecule has 0 spiro atoms. The molecule has 1 unspecified atom stereocenters. The van der Waals surface area contributed by atoms with E-state index in [1.54, 1.807) is 0 Å². The van der Waals surface area contributed by atoms with Crippen molar-refractivity contribution < 1.29 is 14.6 Å². The highest BCUT2D eigenvalue weighted by Crippen LogP contribution is 2.36. The van der Waals surface area contributed by atoms with Crippen LogP contribution < -0.4 is 0 Å². The Kier molecular flexibility index (Phi) is 5.99. The van der Waals surface area contributed by atoms with Gasteiger partial charge in [-0.05, 0) is 24.3 Å². The zero-order chi connectivity index (χ0) is 13.6. The number of hydrogen-bond acceptors (Lipinski definition) is 4. The molecule has 0 aromatic carbocycles. The number of carbonyl (C=O) groups is 1. The van der Waals surface area contributed by atoms with Crippen molar-refractivity contribution in [3.8, 4) is 0 Å². The van der Waals surface area contributed by atoms with Crippen LogP contribution in [0.5, 0.6) is 0 Å². The zero-order valence-electron chi connectivity index (χ0n) is 11.0. The topological polar surface area (TPSA) is 95.3 Å². The first-order valence-electron chi connectivity index (χ1n) is 5.66. The van der Waals surface area contributed by atoms with Crippen LogP contribution in [-0.2, 0) is 9.53 Å². The van der Waals surface area contributed by atoms with Crippen molar-refractivity contribution in [1.29, 1.82) is 0 Å². The van der Waals surface area contributed by atoms with Gasteiger partial charge in [-0.25, -0.2) is 0 Å². The normalized spacial score (nSPS) is 13.4. The second-order valence-corrected chi connectivity index (χ2v) is 4.88. The summed E-state index contributed by atoms with van der Waals surface area (Å²) in [4.78, 5) is 14.4. The number of nitrogens with zero attached hydrogens (tertiary/aromatic N) is 3. The molecule has 0 bridgehead atoms. The first kappa shape index (κ1) is 15.7. The number of ether oxygens (including phenoxy) is 1. The van der Waals surface area contributed by atoms with Crippen LogP contribution in [0.2, 0.25) is 0 Å². The predicted octanol–water partition coefficient (Wildman–Crippen LogP) is 2.48. The largest absolute Gasteiger partial charge is 0.462 e. The third-order valence-corrected chi connectivity index (χ3v) is 3.39. The van der Waals surface area contributed by atoms with Gasteiger partial charge in [0.25, 0.3) is 0 Å². The Bertz CT molecular complexity index is 301. The summed E-state index contributed by atoms with van der Waals surface area (Å²) < 4.78 is 4.99. The molecule has 0 aromatic heterocycles. The average Bonchev–Trinajstić information content (AvgIpc) is 2.24. The summed E-state index contributed by atoms with van der Waals surface area (Å²) in [5.74, 6) is -0.145. The van der Waals surface area contributed by atoms with Crippen molar-refractivity contribution in [3.05, 3.63) is 10.4 Å². The maximum absolute atomic E-state index is 12.0. The van der Waals surface area contributed by atoms with Crippen molar-refractivity contribution in [2.24, 2.45) is 22.4 Å². The monoisotopic (exact) mass is 243 g/mol. The van der Waals surface area contributed by atoms with Gasteiger partial charge in [0.05, 0.1) is 5.41 Å². The van der Waals surface area contributed by atoms with Crippen molar-refractivity contribution in [3.63, 3.8) is 0 Å². The first-order chi connectivity index (χ1) is 7.76. The number of esters is 1. The second-order valence-electron chi connectivity index (χ2n) is 4.88. The maximum Gasteiger partial charge on any atom is 0.312 e. The van der Waals surface area contributed by atoms with Crippen LogP contribution >= 0.6 is 0 Å². The number of carbonyl (C=O) groups excluding carboxylic acids is 1. The van der Waals surface area contributed by atoms with Crippen molar-refractivity contribution in [1.82, 2.24) is 0 Å². The van der Waals surface area contributed by atoms with Crippen LogP contribution in [0.1, 0.15) is 34.6 Å². The van der Waals surface area contributed by atoms with Crippen LogP contribution in [0.15, 0.2) is 5.11 Å². The molecule has 0 aromatic rings. The van der Waals surface area contributed by atoms with E-state index >= 15 is 0 Å². The molecule has 0 aliphatic rings. The highest BCUT2D eigenvalue weighted by atomic mass is 16.5.